The van der Waals surface area contributed by atoms with Crippen LogP contribution < -0.4 is 4.72 Å². The zero-order valence-electron chi connectivity index (χ0n) is 7.20. The summed E-state index contributed by atoms with van der Waals surface area (Å²) in [7, 11) is -3.59. The Balaban J connectivity index is 2.87. The molecule has 0 aliphatic carbocycles. The average molecular weight is 238 g/mol. The van der Waals surface area contributed by atoms with Crippen LogP contribution in [0.3, 0.4) is 0 Å². The first-order valence-corrected chi connectivity index (χ1v) is 5.73. The molecule has 0 unspecified atom stereocenters. The van der Waals surface area contributed by atoms with E-state index in [1.54, 1.807) is 0 Å². The van der Waals surface area contributed by atoms with Crippen LogP contribution in [0.1, 0.15) is 0 Å². The lowest BCUT2D eigenvalue weighted by molar-refractivity contribution is 0.486. The molecule has 0 atom stereocenters. The fourth-order valence-corrected chi connectivity index (χ4v) is 2.00. The highest BCUT2D eigenvalue weighted by Crippen LogP contribution is 2.13. The predicted molar refractivity (Wildman–Crippen MR) is 52.6 cm³/mol. The summed E-state index contributed by atoms with van der Waals surface area (Å²) >= 11 is 5.59. The van der Waals surface area contributed by atoms with Gasteiger partial charge in [-0.2, -0.15) is 0 Å². The van der Waals surface area contributed by atoms with E-state index in [9.17, 15) is 12.8 Å². The van der Waals surface area contributed by atoms with E-state index in [1.807, 2.05) is 0 Å². The third-order valence-electron chi connectivity index (χ3n) is 1.51. The standard InChI is InChI=1S/C8H9ClFNO2S/c9-7-1-3-8(4-2-7)14(12,13)11-6-5-10/h1-4,11H,5-6H2. The van der Waals surface area contributed by atoms with E-state index in [-0.39, 0.29) is 11.4 Å². The van der Waals surface area contributed by atoms with Crippen molar-refractivity contribution < 1.29 is 12.8 Å². The Morgan fingerprint density at radius 2 is 1.86 bits per heavy atom. The maximum Gasteiger partial charge on any atom is 0.240 e. The van der Waals surface area contributed by atoms with Gasteiger partial charge in [-0.1, -0.05) is 11.6 Å². The molecule has 6 heteroatoms. The second-order valence-corrected chi connectivity index (χ2v) is 4.74. The van der Waals surface area contributed by atoms with Gasteiger partial charge in [-0.3, -0.25) is 0 Å². The molecular weight excluding hydrogens is 229 g/mol. The zero-order valence-corrected chi connectivity index (χ0v) is 8.78. The molecule has 3 nitrogen and oxygen atoms in total. The van der Waals surface area contributed by atoms with Gasteiger partial charge in [-0.05, 0) is 24.3 Å². The summed E-state index contributed by atoms with van der Waals surface area (Å²) in [5.74, 6) is 0. The zero-order chi connectivity index (χ0) is 10.6. The Morgan fingerprint density at radius 1 is 1.29 bits per heavy atom. The summed E-state index contributed by atoms with van der Waals surface area (Å²) in [6, 6.07) is 5.66. The molecule has 0 heterocycles. The SMILES string of the molecule is O=S(=O)(NCCF)c1ccc(Cl)cc1. The first-order chi connectivity index (χ1) is 6.56. The minimum absolute atomic E-state index is 0.0790. The number of hydrogen-bond acceptors (Lipinski definition) is 2. The molecule has 0 aliphatic rings. The van der Waals surface area contributed by atoms with Gasteiger partial charge in [-0.25, -0.2) is 17.5 Å². The minimum Gasteiger partial charge on any atom is -0.250 e. The molecule has 0 amide bonds. The van der Waals surface area contributed by atoms with Crippen LogP contribution in [0.15, 0.2) is 29.2 Å². The topological polar surface area (TPSA) is 46.2 Å². The van der Waals surface area contributed by atoms with Crippen molar-refractivity contribution in [2.75, 3.05) is 13.2 Å². The number of alkyl halides is 1. The Morgan fingerprint density at radius 3 is 2.36 bits per heavy atom. The van der Waals surface area contributed by atoms with Crippen LogP contribution in [0.2, 0.25) is 5.02 Å². The molecule has 0 fully saturated rings. The molecule has 0 saturated heterocycles. The van der Waals surface area contributed by atoms with Crippen molar-refractivity contribution in [3.05, 3.63) is 29.3 Å². The third-order valence-corrected chi connectivity index (χ3v) is 3.24. The molecule has 14 heavy (non-hydrogen) atoms. The fraction of sp³-hybridized carbons (Fsp3) is 0.250. The van der Waals surface area contributed by atoms with Gasteiger partial charge in [0.05, 0.1) is 4.90 Å². The first kappa shape index (κ1) is 11.4. The molecular formula is C8H9ClFNO2S. The lowest BCUT2D eigenvalue weighted by atomic mass is 10.4. The van der Waals surface area contributed by atoms with Gasteiger partial charge in [0, 0.05) is 11.6 Å². The largest absolute Gasteiger partial charge is 0.250 e. The van der Waals surface area contributed by atoms with Crippen molar-refractivity contribution in [1.29, 1.82) is 0 Å². The number of halogens is 2. The van der Waals surface area contributed by atoms with Crippen molar-refractivity contribution >= 4 is 21.6 Å². The van der Waals surface area contributed by atoms with Crippen molar-refractivity contribution in [3.63, 3.8) is 0 Å². The molecule has 0 spiro atoms. The van der Waals surface area contributed by atoms with Crippen molar-refractivity contribution in [2.45, 2.75) is 4.90 Å². The Bertz CT molecular complexity index is 390. The van der Waals surface area contributed by atoms with Crippen LogP contribution in [0, 0.1) is 0 Å². The van der Waals surface area contributed by atoms with Crippen LogP contribution >= 0.6 is 11.6 Å². The van der Waals surface area contributed by atoms with E-state index in [0.29, 0.717) is 5.02 Å². The van der Waals surface area contributed by atoms with Crippen LogP contribution in [0.25, 0.3) is 0 Å². The van der Waals surface area contributed by atoms with Gasteiger partial charge in [-0.15, -0.1) is 0 Å². The van der Waals surface area contributed by atoms with Crippen molar-refractivity contribution in [3.8, 4) is 0 Å². The summed E-state index contributed by atoms with van der Waals surface area (Å²) in [6.07, 6.45) is 0. The normalized spacial score (nSPS) is 11.6. The molecule has 0 bridgehead atoms. The number of nitrogens with one attached hydrogen (secondary N) is 1. The highest BCUT2D eigenvalue weighted by Gasteiger charge is 2.12. The minimum atomic E-state index is -3.59. The predicted octanol–water partition coefficient (Wildman–Crippen LogP) is 1.59. The van der Waals surface area contributed by atoms with Crippen LogP contribution in [-0.4, -0.2) is 21.6 Å². The van der Waals surface area contributed by atoms with Crippen LogP contribution in [-0.2, 0) is 10.0 Å². The van der Waals surface area contributed by atoms with Gasteiger partial charge in [0.1, 0.15) is 6.67 Å². The maximum absolute atomic E-state index is 11.8. The highest BCUT2D eigenvalue weighted by molar-refractivity contribution is 7.89. The summed E-state index contributed by atoms with van der Waals surface area (Å²) in [6.45, 7) is -0.947. The quantitative estimate of drug-likeness (QED) is 0.865. The van der Waals surface area contributed by atoms with Crippen molar-refractivity contribution in [2.24, 2.45) is 0 Å². The number of hydrogen-bond donors (Lipinski definition) is 1. The van der Waals surface area contributed by atoms with Gasteiger partial charge >= 0.3 is 0 Å². The lowest BCUT2D eigenvalue weighted by Crippen LogP contribution is -2.25. The van der Waals surface area contributed by atoms with Gasteiger partial charge in [0.15, 0.2) is 0 Å². The monoisotopic (exact) mass is 237 g/mol. The van der Waals surface area contributed by atoms with Crippen molar-refractivity contribution in [1.82, 2.24) is 4.72 Å². The van der Waals surface area contributed by atoms with E-state index >= 15 is 0 Å². The number of benzene rings is 1. The van der Waals surface area contributed by atoms with Gasteiger partial charge < -0.3 is 0 Å². The van der Waals surface area contributed by atoms with E-state index in [4.69, 9.17) is 11.6 Å². The lowest BCUT2D eigenvalue weighted by Gasteiger charge is -2.04. The Hall–Kier alpha value is -0.650. The Labute approximate surface area is 86.9 Å². The summed E-state index contributed by atoms with van der Waals surface area (Å²) < 4.78 is 36.6. The second-order valence-electron chi connectivity index (χ2n) is 2.54. The Kier molecular flexibility index (Phi) is 3.86. The molecule has 1 rings (SSSR count). The molecule has 1 N–H and O–H groups in total. The third kappa shape index (κ3) is 2.94. The summed E-state index contributed by atoms with van der Waals surface area (Å²) in [5, 5.41) is 0.453. The molecule has 1 aromatic rings. The molecule has 0 aromatic heterocycles. The van der Waals surface area contributed by atoms with Crippen LogP contribution in [0.5, 0.6) is 0 Å². The molecule has 1 aromatic carbocycles. The van der Waals surface area contributed by atoms with E-state index in [2.05, 4.69) is 4.72 Å². The highest BCUT2D eigenvalue weighted by atomic mass is 35.5. The molecule has 0 radical (unpaired) electrons. The van der Waals surface area contributed by atoms with E-state index in [1.165, 1.54) is 24.3 Å². The van der Waals surface area contributed by atoms with Gasteiger partial charge in [0.2, 0.25) is 10.0 Å². The smallest absolute Gasteiger partial charge is 0.240 e. The summed E-state index contributed by atoms with van der Waals surface area (Å²) in [5.41, 5.74) is 0. The number of rotatable bonds is 4. The maximum atomic E-state index is 11.8. The fourth-order valence-electron chi connectivity index (χ4n) is 0.870. The molecule has 78 valence electrons. The average Bonchev–Trinajstić information content (AvgIpc) is 2.16. The van der Waals surface area contributed by atoms with Gasteiger partial charge in [0.25, 0.3) is 0 Å². The van der Waals surface area contributed by atoms with Crippen LogP contribution in [0.4, 0.5) is 4.39 Å². The summed E-state index contributed by atoms with van der Waals surface area (Å²) in [4.78, 5) is 0.0790. The second kappa shape index (κ2) is 4.72. The molecule has 0 saturated carbocycles. The molecule has 0 aliphatic heterocycles. The first-order valence-electron chi connectivity index (χ1n) is 3.87. The van der Waals surface area contributed by atoms with E-state index < -0.39 is 16.7 Å². The number of sulfonamides is 1. The van der Waals surface area contributed by atoms with E-state index in [0.717, 1.165) is 0 Å².